The van der Waals surface area contributed by atoms with E-state index in [0.29, 0.717) is 23.4 Å². The van der Waals surface area contributed by atoms with Crippen molar-refractivity contribution in [1.82, 2.24) is 0 Å². The summed E-state index contributed by atoms with van der Waals surface area (Å²) in [6.07, 6.45) is 4.64. The van der Waals surface area contributed by atoms with Crippen LogP contribution >= 0.6 is 0 Å². The van der Waals surface area contributed by atoms with E-state index in [1.807, 2.05) is 42.5 Å². The van der Waals surface area contributed by atoms with E-state index in [2.05, 4.69) is 39.3 Å². The molecule has 0 aromatic heterocycles. The standard InChI is InChI=1S/C30H37NO3S/c1-6-30(4,5)21-13-16-28-25(17-21)26-18-27(23-9-7-8-10-24(23)29(26)34-28)31-35(32,33)22-14-11-20(12-15-22)19(2)3/h7-12,14-15,18-19,21,25,28,31H,6,13,16-17H2,1-5H3/t21-,25+,28+/m1/s1. The van der Waals surface area contributed by atoms with Crippen molar-refractivity contribution in [3.05, 3.63) is 65.7 Å². The number of rotatable bonds is 6. The molecule has 1 saturated carbocycles. The van der Waals surface area contributed by atoms with Crippen molar-refractivity contribution in [3.8, 4) is 5.75 Å². The Morgan fingerprint density at radius 3 is 2.37 bits per heavy atom. The van der Waals surface area contributed by atoms with Gasteiger partial charge in [0.1, 0.15) is 11.9 Å². The fourth-order valence-corrected chi connectivity index (χ4v) is 6.93. The molecule has 2 aliphatic rings. The second kappa shape index (κ2) is 8.85. The van der Waals surface area contributed by atoms with Gasteiger partial charge in [-0.25, -0.2) is 8.42 Å². The van der Waals surface area contributed by atoms with E-state index in [0.717, 1.165) is 46.9 Å². The van der Waals surface area contributed by atoms with Gasteiger partial charge in [0.25, 0.3) is 10.0 Å². The Bertz CT molecular complexity index is 1340. The summed E-state index contributed by atoms with van der Waals surface area (Å²) in [7, 11) is -3.72. The lowest BCUT2D eigenvalue weighted by Crippen LogP contribution is -2.34. The first-order chi connectivity index (χ1) is 16.6. The molecule has 3 aromatic rings. The third kappa shape index (κ3) is 4.33. The summed E-state index contributed by atoms with van der Waals surface area (Å²) < 4.78 is 36.2. The molecule has 1 N–H and O–H groups in total. The van der Waals surface area contributed by atoms with Crippen LogP contribution in [0.3, 0.4) is 0 Å². The molecule has 1 aliphatic carbocycles. The number of ether oxygens (including phenoxy) is 1. The third-order valence-corrected chi connectivity index (χ3v) is 9.98. The number of nitrogens with one attached hydrogen (secondary N) is 1. The normalized spacial score (nSPS) is 22.1. The average molecular weight is 492 g/mol. The number of hydrogen-bond donors (Lipinski definition) is 1. The van der Waals surface area contributed by atoms with Gasteiger partial charge in [-0.3, -0.25) is 4.72 Å². The van der Waals surface area contributed by atoms with E-state index < -0.39 is 10.0 Å². The van der Waals surface area contributed by atoms with Crippen LogP contribution in [0.25, 0.3) is 10.8 Å². The number of hydrogen-bond acceptors (Lipinski definition) is 3. The van der Waals surface area contributed by atoms with Crippen molar-refractivity contribution in [1.29, 1.82) is 0 Å². The quantitative estimate of drug-likeness (QED) is 0.382. The summed E-state index contributed by atoms with van der Waals surface area (Å²) in [5, 5.41) is 1.86. The molecular formula is C30H37NO3S. The predicted molar refractivity (Wildman–Crippen MR) is 144 cm³/mol. The molecule has 4 nitrogen and oxygen atoms in total. The highest BCUT2D eigenvalue weighted by atomic mass is 32.2. The van der Waals surface area contributed by atoms with Gasteiger partial charge in [0.05, 0.1) is 10.6 Å². The van der Waals surface area contributed by atoms with Crippen LogP contribution in [-0.4, -0.2) is 14.5 Å². The number of sulfonamides is 1. The largest absolute Gasteiger partial charge is 0.489 e. The van der Waals surface area contributed by atoms with Gasteiger partial charge in [-0.05, 0) is 60.3 Å². The molecule has 3 atom stereocenters. The lowest BCUT2D eigenvalue weighted by Gasteiger charge is -2.40. The molecule has 0 unspecified atom stereocenters. The highest BCUT2D eigenvalue weighted by Crippen LogP contribution is 2.54. The summed E-state index contributed by atoms with van der Waals surface area (Å²) in [6.45, 7) is 11.2. The van der Waals surface area contributed by atoms with Gasteiger partial charge in [0.15, 0.2) is 0 Å². The minimum Gasteiger partial charge on any atom is -0.489 e. The summed E-state index contributed by atoms with van der Waals surface area (Å²) in [5.74, 6) is 2.22. The molecule has 1 aliphatic heterocycles. The van der Waals surface area contributed by atoms with E-state index in [1.54, 1.807) is 12.1 Å². The predicted octanol–water partition coefficient (Wildman–Crippen LogP) is 7.84. The van der Waals surface area contributed by atoms with Crippen LogP contribution in [0.1, 0.15) is 83.3 Å². The minimum absolute atomic E-state index is 0.174. The Labute approximate surface area is 210 Å². The maximum Gasteiger partial charge on any atom is 0.261 e. The molecule has 3 aromatic carbocycles. The van der Waals surface area contributed by atoms with Gasteiger partial charge in [0, 0.05) is 22.3 Å². The van der Waals surface area contributed by atoms with E-state index in [4.69, 9.17) is 4.74 Å². The molecule has 1 fully saturated rings. The van der Waals surface area contributed by atoms with Crippen molar-refractivity contribution < 1.29 is 13.2 Å². The van der Waals surface area contributed by atoms with Crippen LogP contribution in [0.2, 0.25) is 0 Å². The molecule has 0 saturated heterocycles. The number of fused-ring (bicyclic) bond motifs is 5. The highest BCUT2D eigenvalue weighted by Gasteiger charge is 2.44. The van der Waals surface area contributed by atoms with Crippen molar-refractivity contribution >= 4 is 26.5 Å². The molecule has 0 spiro atoms. The summed E-state index contributed by atoms with van der Waals surface area (Å²) in [6, 6.07) is 17.2. The molecule has 186 valence electrons. The fourth-order valence-electron chi connectivity index (χ4n) is 5.86. The second-order valence-electron chi connectivity index (χ2n) is 11.3. The zero-order valence-electron chi connectivity index (χ0n) is 21.5. The zero-order valence-corrected chi connectivity index (χ0v) is 22.3. The van der Waals surface area contributed by atoms with Crippen molar-refractivity contribution in [2.24, 2.45) is 11.3 Å². The summed E-state index contributed by atoms with van der Waals surface area (Å²) in [4.78, 5) is 0.281. The van der Waals surface area contributed by atoms with Crippen molar-refractivity contribution in [3.63, 3.8) is 0 Å². The van der Waals surface area contributed by atoms with Crippen molar-refractivity contribution in [2.45, 2.75) is 83.1 Å². The third-order valence-electron chi connectivity index (χ3n) is 8.60. The topological polar surface area (TPSA) is 55.4 Å². The monoisotopic (exact) mass is 491 g/mol. The second-order valence-corrected chi connectivity index (χ2v) is 13.0. The first-order valence-corrected chi connectivity index (χ1v) is 14.4. The lowest BCUT2D eigenvalue weighted by molar-refractivity contribution is 0.0784. The van der Waals surface area contributed by atoms with Crippen LogP contribution in [-0.2, 0) is 10.0 Å². The van der Waals surface area contributed by atoms with Crippen LogP contribution < -0.4 is 9.46 Å². The molecular weight excluding hydrogens is 454 g/mol. The van der Waals surface area contributed by atoms with E-state index in [-0.39, 0.29) is 16.4 Å². The highest BCUT2D eigenvalue weighted by molar-refractivity contribution is 7.92. The average Bonchev–Trinajstić information content (AvgIpc) is 3.22. The lowest BCUT2D eigenvalue weighted by atomic mass is 9.65. The Hall–Kier alpha value is -2.53. The molecule has 5 heteroatoms. The van der Waals surface area contributed by atoms with E-state index in [1.165, 1.54) is 6.42 Å². The van der Waals surface area contributed by atoms with Crippen LogP contribution in [0.4, 0.5) is 5.69 Å². The van der Waals surface area contributed by atoms with E-state index >= 15 is 0 Å². The summed E-state index contributed by atoms with van der Waals surface area (Å²) >= 11 is 0. The van der Waals surface area contributed by atoms with Gasteiger partial charge >= 0.3 is 0 Å². The number of anilines is 1. The van der Waals surface area contributed by atoms with Gasteiger partial charge < -0.3 is 4.74 Å². The van der Waals surface area contributed by atoms with Crippen LogP contribution in [0.5, 0.6) is 5.75 Å². The molecule has 35 heavy (non-hydrogen) atoms. The SMILES string of the molecule is CCC(C)(C)[C@@H]1CC[C@@H]2Oc3c(cc(NS(=O)(=O)c4ccc(C(C)C)cc4)c4ccccc34)[C@@H]2C1. The first kappa shape index (κ1) is 24.2. The van der Waals surface area contributed by atoms with Crippen LogP contribution in [0, 0.1) is 11.3 Å². The maximum atomic E-state index is 13.4. The molecule has 0 radical (unpaired) electrons. The molecule has 0 bridgehead atoms. The Kier molecular flexibility index (Phi) is 6.11. The molecule has 5 rings (SSSR count). The maximum absolute atomic E-state index is 13.4. The van der Waals surface area contributed by atoms with Gasteiger partial charge in [-0.2, -0.15) is 0 Å². The van der Waals surface area contributed by atoms with Gasteiger partial charge in [-0.15, -0.1) is 0 Å². The van der Waals surface area contributed by atoms with Crippen LogP contribution in [0.15, 0.2) is 59.5 Å². The Balaban J connectivity index is 1.54. The Morgan fingerprint density at radius 1 is 1.03 bits per heavy atom. The van der Waals surface area contributed by atoms with Gasteiger partial charge in [0.2, 0.25) is 0 Å². The first-order valence-electron chi connectivity index (χ1n) is 13.0. The molecule has 1 heterocycles. The molecule has 0 amide bonds. The fraction of sp³-hybridized carbons (Fsp3) is 0.467. The van der Waals surface area contributed by atoms with Gasteiger partial charge in [-0.1, -0.05) is 77.4 Å². The van der Waals surface area contributed by atoms with E-state index in [9.17, 15) is 8.42 Å². The smallest absolute Gasteiger partial charge is 0.261 e. The Morgan fingerprint density at radius 2 is 1.71 bits per heavy atom. The van der Waals surface area contributed by atoms with Crippen molar-refractivity contribution in [2.75, 3.05) is 4.72 Å². The number of benzene rings is 3. The minimum atomic E-state index is -3.72. The zero-order chi connectivity index (χ0) is 25.0. The summed E-state index contributed by atoms with van der Waals surface area (Å²) in [5.41, 5.74) is 3.19.